The van der Waals surface area contributed by atoms with Crippen molar-refractivity contribution in [1.82, 2.24) is 0 Å². The van der Waals surface area contributed by atoms with Crippen LogP contribution in [0.5, 0.6) is 0 Å². The number of hydrogen-bond donors (Lipinski definition) is 0. The van der Waals surface area contributed by atoms with Gasteiger partial charge >= 0.3 is 5.97 Å². The molecule has 0 N–H and O–H groups in total. The zero-order chi connectivity index (χ0) is 34.9. The summed E-state index contributed by atoms with van der Waals surface area (Å²) in [5.41, 5.74) is 4.49. The molecule has 0 bridgehead atoms. The van der Waals surface area contributed by atoms with Crippen molar-refractivity contribution in [2.24, 2.45) is 38.2 Å². The van der Waals surface area contributed by atoms with E-state index in [1.54, 1.807) is 30.3 Å². The van der Waals surface area contributed by atoms with Gasteiger partial charge in [0.15, 0.2) is 5.00 Å². The molecule has 0 saturated heterocycles. The van der Waals surface area contributed by atoms with Crippen LogP contribution in [-0.2, 0) is 4.74 Å². The molecule has 8 nitrogen and oxygen atoms in total. The first-order chi connectivity index (χ1) is 23.2. The standard InChI is InChI=1S/C39H54N6O2S/c1-8-12-14-30(10-3)26-45(25-28(5)6)35-20-21-36(29(7)22-35)42-44-38-33(24-40)23-37(48-38)43-41-34-18-16-32(17-19-34)39(46)47-27-31(11-4)15-13-9-2/h16-23,28,30-31H,8-15,25-27H2,1-7H3. The Balaban J connectivity index is 1.67. The largest absolute Gasteiger partial charge is 0.462 e. The van der Waals surface area contributed by atoms with Crippen LogP contribution >= 0.6 is 11.3 Å². The van der Waals surface area contributed by atoms with E-state index in [2.05, 4.69) is 92.0 Å². The number of ether oxygens (including phenoxy) is 1. The first kappa shape index (κ1) is 38.5. The molecule has 0 spiro atoms. The zero-order valence-electron chi connectivity index (χ0n) is 30.0. The van der Waals surface area contributed by atoms with E-state index in [4.69, 9.17) is 4.74 Å². The maximum atomic E-state index is 12.5. The number of nitrogens with zero attached hydrogens (tertiary/aromatic N) is 6. The smallest absolute Gasteiger partial charge is 0.338 e. The lowest BCUT2D eigenvalue weighted by Gasteiger charge is -2.31. The van der Waals surface area contributed by atoms with Crippen LogP contribution in [0.25, 0.3) is 0 Å². The Morgan fingerprint density at radius 2 is 1.56 bits per heavy atom. The third-order valence-corrected chi connectivity index (χ3v) is 9.49. The molecule has 0 aliphatic rings. The molecule has 0 aliphatic carbocycles. The minimum absolute atomic E-state index is 0.328. The van der Waals surface area contributed by atoms with Crippen LogP contribution in [0.3, 0.4) is 0 Å². The highest BCUT2D eigenvalue weighted by atomic mass is 32.1. The van der Waals surface area contributed by atoms with Gasteiger partial charge in [-0.1, -0.05) is 91.4 Å². The summed E-state index contributed by atoms with van der Waals surface area (Å²) >= 11 is 1.26. The monoisotopic (exact) mass is 670 g/mol. The Bertz CT molecular complexity index is 1520. The van der Waals surface area contributed by atoms with Crippen LogP contribution in [-0.4, -0.2) is 25.7 Å². The Morgan fingerprint density at radius 1 is 0.875 bits per heavy atom. The Labute approximate surface area is 292 Å². The lowest BCUT2D eigenvalue weighted by molar-refractivity contribution is 0.0428. The number of thiophene rings is 1. The SMILES string of the molecule is CCCCC(CC)COC(=O)c1ccc(N=Nc2cc(C#N)c(N=Nc3ccc(N(CC(C)C)CC(CC)CCCC)cc3C)s2)cc1. The second-order valence-electron chi connectivity index (χ2n) is 13.1. The number of carbonyl (C=O) groups is 1. The number of hydrogen-bond acceptors (Lipinski definition) is 9. The van der Waals surface area contributed by atoms with Crippen molar-refractivity contribution in [3.05, 3.63) is 65.2 Å². The predicted octanol–water partition coefficient (Wildman–Crippen LogP) is 12.8. The first-order valence-electron chi connectivity index (χ1n) is 17.7. The number of azo groups is 2. The highest BCUT2D eigenvalue weighted by Crippen LogP contribution is 2.38. The van der Waals surface area contributed by atoms with E-state index < -0.39 is 0 Å². The molecule has 2 atom stereocenters. The van der Waals surface area contributed by atoms with Crippen LogP contribution < -0.4 is 4.90 Å². The molecule has 0 saturated carbocycles. The highest BCUT2D eigenvalue weighted by molar-refractivity contribution is 7.19. The fraction of sp³-hybridized carbons (Fsp3) is 0.538. The fourth-order valence-electron chi connectivity index (χ4n) is 5.52. The summed E-state index contributed by atoms with van der Waals surface area (Å²) in [4.78, 5) is 15.0. The van der Waals surface area contributed by atoms with Gasteiger partial charge in [-0.25, -0.2) is 4.79 Å². The normalized spacial score (nSPS) is 12.9. The second kappa shape index (κ2) is 20.5. The van der Waals surface area contributed by atoms with Gasteiger partial charge in [-0.05, 0) is 91.6 Å². The van der Waals surface area contributed by atoms with Crippen molar-refractivity contribution in [1.29, 1.82) is 5.26 Å². The maximum Gasteiger partial charge on any atom is 0.338 e. The number of rotatable bonds is 20. The van der Waals surface area contributed by atoms with Gasteiger partial charge in [0.1, 0.15) is 11.1 Å². The molecule has 2 unspecified atom stereocenters. The van der Waals surface area contributed by atoms with E-state index in [9.17, 15) is 10.1 Å². The van der Waals surface area contributed by atoms with Crippen molar-refractivity contribution in [3.63, 3.8) is 0 Å². The first-order valence-corrected chi connectivity index (χ1v) is 18.5. The van der Waals surface area contributed by atoms with Crippen molar-refractivity contribution >= 4 is 44.4 Å². The molecule has 1 aromatic heterocycles. The summed E-state index contributed by atoms with van der Waals surface area (Å²) in [5.74, 6) is 1.31. The average Bonchev–Trinajstić information content (AvgIpc) is 3.50. The van der Waals surface area contributed by atoms with Crippen LogP contribution in [0.2, 0.25) is 0 Å². The molecule has 48 heavy (non-hydrogen) atoms. The fourth-order valence-corrected chi connectivity index (χ4v) is 6.27. The summed E-state index contributed by atoms with van der Waals surface area (Å²) < 4.78 is 5.55. The van der Waals surface area contributed by atoms with Crippen molar-refractivity contribution in [3.8, 4) is 6.07 Å². The summed E-state index contributed by atoms with van der Waals surface area (Å²) in [6.45, 7) is 18.0. The molecular weight excluding hydrogens is 617 g/mol. The van der Waals surface area contributed by atoms with Gasteiger partial charge in [0.25, 0.3) is 0 Å². The van der Waals surface area contributed by atoms with Crippen LogP contribution in [0, 0.1) is 36.0 Å². The van der Waals surface area contributed by atoms with Gasteiger partial charge in [-0.2, -0.15) is 5.26 Å². The molecule has 0 amide bonds. The minimum Gasteiger partial charge on any atom is -0.462 e. The Kier molecular flexibility index (Phi) is 16.4. The number of unbranched alkanes of at least 4 members (excludes halogenated alkanes) is 2. The molecule has 9 heteroatoms. The number of benzene rings is 2. The van der Waals surface area contributed by atoms with Crippen molar-refractivity contribution in [2.45, 2.75) is 99.8 Å². The number of esters is 1. The molecule has 2 aromatic carbocycles. The van der Waals surface area contributed by atoms with Gasteiger partial charge in [0.05, 0.1) is 29.1 Å². The van der Waals surface area contributed by atoms with Gasteiger partial charge < -0.3 is 9.64 Å². The zero-order valence-corrected chi connectivity index (χ0v) is 30.9. The molecular formula is C39H54N6O2S. The third-order valence-electron chi connectivity index (χ3n) is 8.58. The van der Waals surface area contributed by atoms with E-state index in [1.807, 2.05) is 6.07 Å². The summed E-state index contributed by atoms with van der Waals surface area (Å²) in [7, 11) is 0. The van der Waals surface area contributed by atoms with Crippen molar-refractivity contribution in [2.75, 3.05) is 24.6 Å². The Morgan fingerprint density at radius 3 is 2.17 bits per heavy atom. The van der Waals surface area contributed by atoms with Crippen LogP contribution in [0.4, 0.5) is 27.1 Å². The van der Waals surface area contributed by atoms with E-state index in [0.717, 1.165) is 50.0 Å². The topological polar surface area (TPSA) is 103 Å². The summed E-state index contributed by atoms with van der Waals surface area (Å²) in [6, 6.07) is 17.1. The van der Waals surface area contributed by atoms with Gasteiger partial charge in [-0.3, -0.25) is 0 Å². The number of carbonyl (C=O) groups excluding carboxylic acids is 1. The summed E-state index contributed by atoms with van der Waals surface area (Å²) in [5, 5.41) is 28.4. The number of aryl methyl sites for hydroxylation is 1. The number of nitriles is 1. The lowest BCUT2D eigenvalue weighted by atomic mass is 9.97. The quantitative estimate of drug-likeness (QED) is 0.0881. The molecule has 258 valence electrons. The van der Waals surface area contributed by atoms with Crippen LogP contribution in [0.1, 0.15) is 114 Å². The van der Waals surface area contributed by atoms with E-state index in [1.165, 1.54) is 42.7 Å². The third kappa shape index (κ3) is 12.3. The molecule has 1 heterocycles. The average molecular weight is 671 g/mol. The molecule has 3 rings (SSSR count). The maximum absolute atomic E-state index is 12.5. The van der Waals surface area contributed by atoms with Crippen molar-refractivity contribution < 1.29 is 9.53 Å². The molecule has 0 radical (unpaired) electrons. The highest BCUT2D eigenvalue weighted by Gasteiger charge is 2.16. The van der Waals surface area contributed by atoms with E-state index >= 15 is 0 Å². The Hall–Kier alpha value is -3.90. The minimum atomic E-state index is -0.328. The number of anilines is 1. The van der Waals surface area contributed by atoms with E-state index in [0.29, 0.717) is 51.2 Å². The summed E-state index contributed by atoms with van der Waals surface area (Å²) in [6.07, 6.45) is 9.30. The van der Waals surface area contributed by atoms with Gasteiger partial charge in [0, 0.05) is 18.8 Å². The van der Waals surface area contributed by atoms with Gasteiger partial charge in [-0.15, -0.1) is 20.5 Å². The molecule has 0 fully saturated rings. The molecule has 3 aromatic rings. The second-order valence-corrected chi connectivity index (χ2v) is 14.1. The van der Waals surface area contributed by atoms with Crippen LogP contribution in [0.15, 0.2) is 69.0 Å². The molecule has 0 aliphatic heterocycles. The predicted molar refractivity (Wildman–Crippen MR) is 199 cm³/mol. The van der Waals surface area contributed by atoms with E-state index in [-0.39, 0.29) is 5.97 Å². The lowest BCUT2D eigenvalue weighted by Crippen LogP contribution is -2.32. The van der Waals surface area contributed by atoms with Gasteiger partial charge in [0.2, 0.25) is 0 Å².